The lowest BCUT2D eigenvalue weighted by Crippen LogP contribution is -2.15. The Morgan fingerprint density at radius 1 is 1.44 bits per heavy atom. The minimum Gasteiger partial charge on any atom is -0.310 e. The van der Waals surface area contributed by atoms with E-state index in [1.807, 2.05) is 19.3 Å². The van der Waals surface area contributed by atoms with Crippen molar-refractivity contribution in [3.63, 3.8) is 0 Å². The molecule has 1 saturated carbocycles. The van der Waals surface area contributed by atoms with Crippen LogP contribution in [0.25, 0.3) is 5.69 Å². The Bertz CT molecular complexity index is 540. The van der Waals surface area contributed by atoms with Gasteiger partial charge in [-0.25, -0.2) is 4.68 Å². The zero-order chi connectivity index (χ0) is 12.5. The largest absolute Gasteiger partial charge is 0.310 e. The summed E-state index contributed by atoms with van der Waals surface area (Å²) in [7, 11) is 0. The molecule has 0 aromatic carbocycles. The summed E-state index contributed by atoms with van der Waals surface area (Å²) >= 11 is 6.01. The molecule has 1 N–H and O–H groups in total. The molecule has 1 aliphatic rings. The normalized spacial score (nSPS) is 15.0. The molecule has 18 heavy (non-hydrogen) atoms. The van der Waals surface area contributed by atoms with Crippen LogP contribution in [0.2, 0.25) is 5.02 Å². The summed E-state index contributed by atoms with van der Waals surface area (Å²) < 4.78 is 1.77. The summed E-state index contributed by atoms with van der Waals surface area (Å²) in [6.07, 6.45) is 8.08. The van der Waals surface area contributed by atoms with E-state index < -0.39 is 0 Å². The maximum atomic E-state index is 6.01. The molecule has 94 valence electrons. The van der Waals surface area contributed by atoms with Gasteiger partial charge in [-0.1, -0.05) is 11.6 Å². The summed E-state index contributed by atoms with van der Waals surface area (Å²) in [6.45, 7) is 2.75. The SMILES string of the molecule is Cc1nn(-c2cncc(CNC3CC3)c2)cc1Cl. The standard InChI is InChI=1S/C13H15ClN4/c1-9-13(14)8-18(17-9)12-4-10(5-15-7-12)6-16-11-2-3-11/h4-5,7-8,11,16H,2-3,6H2,1H3. The van der Waals surface area contributed by atoms with Crippen molar-refractivity contribution in [2.75, 3.05) is 0 Å². The Hall–Kier alpha value is -1.39. The molecule has 1 aliphatic carbocycles. The molecule has 2 aromatic heterocycles. The summed E-state index contributed by atoms with van der Waals surface area (Å²) in [5.41, 5.74) is 2.95. The van der Waals surface area contributed by atoms with E-state index in [9.17, 15) is 0 Å². The van der Waals surface area contributed by atoms with Crippen LogP contribution in [0.15, 0.2) is 24.7 Å². The first-order chi connectivity index (χ1) is 8.72. The minimum absolute atomic E-state index is 0.677. The quantitative estimate of drug-likeness (QED) is 0.921. The highest BCUT2D eigenvalue weighted by molar-refractivity contribution is 6.31. The van der Waals surface area contributed by atoms with E-state index in [4.69, 9.17) is 11.6 Å². The smallest absolute Gasteiger partial charge is 0.0832 e. The van der Waals surface area contributed by atoms with Crippen molar-refractivity contribution in [2.45, 2.75) is 32.4 Å². The lowest BCUT2D eigenvalue weighted by atomic mass is 10.2. The van der Waals surface area contributed by atoms with Gasteiger partial charge < -0.3 is 5.32 Å². The Morgan fingerprint density at radius 2 is 2.28 bits per heavy atom. The summed E-state index contributed by atoms with van der Waals surface area (Å²) in [4.78, 5) is 4.25. The van der Waals surface area contributed by atoms with Gasteiger partial charge in [-0.3, -0.25) is 4.98 Å². The summed E-state index contributed by atoms with van der Waals surface area (Å²) in [6, 6.07) is 2.79. The Morgan fingerprint density at radius 3 is 2.94 bits per heavy atom. The molecular weight excluding hydrogens is 248 g/mol. The van der Waals surface area contributed by atoms with Crippen LogP contribution in [0.3, 0.4) is 0 Å². The van der Waals surface area contributed by atoms with E-state index in [1.54, 1.807) is 10.9 Å². The van der Waals surface area contributed by atoms with E-state index in [2.05, 4.69) is 21.5 Å². The highest BCUT2D eigenvalue weighted by Gasteiger charge is 2.20. The van der Waals surface area contributed by atoms with Crippen LogP contribution in [0.5, 0.6) is 0 Å². The molecule has 0 unspecified atom stereocenters. The number of nitrogens with one attached hydrogen (secondary N) is 1. The zero-order valence-corrected chi connectivity index (χ0v) is 11.0. The van der Waals surface area contributed by atoms with Gasteiger partial charge in [0.2, 0.25) is 0 Å². The molecular formula is C13H15ClN4. The van der Waals surface area contributed by atoms with Gasteiger partial charge in [-0.15, -0.1) is 0 Å². The maximum Gasteiger partial charge on any atom is 0.0832 e. The van der Waals surface area contributed by atoms with E-state index in [-0.39, 0.29) is 0 Å². The van der Waals surface area contributed by atoms with Crippen molar-refractivity contribution in [2.24, 2.45) is 0 Å². The Labute approximate surface area is 111 Å². The van der Waals surface area contributed by atoms with Crippen molar-refractivity contribution >= 4 is 11.6 Å². The first kappa shape index (κ1) is 11.7. The lowest BCUT2D eigenvalue weighted by molar-refractivity contribution is 0.684. The second-order valence-corrected chi connectivity index (χ2v) is 5.12. The minimum atomic E-state index is 0.677. The molecule has 5 heteroatoms. The molecule has 4 nitrogen and oxygen atoms in total. The van der Waals surface area contributed by atoms with Crippen LogP contribution < -0.4 is 5.32 Å². The number of pyridine rings is 1. The lowest BCUT2D eigenvalue weighted by Gasteiger charge is -2.05. The molecule has 0 radical (unpaired) electrons. The number of aromatic nitrogens is 3. The molecule has 0 bridgehead atoms. The van der Waals surface area contributed by atoms with Crippen LogP contribution in [0, 0.1) is 6.92 Å². The first-order valence-electron chi connectivity index (χ1n) is 6.12. The average molecular weight is 263 g/mol. The van der Waals surface area contributed by atoms with Crippen LogP contribution in [-0.4, -0.2) is 20.8 Å². The van der Waals surface area contributed by atoms with Gasteiger partial charge in [0.15, 0.2) is 0 Å². The van der Waals surface area contributed by atoms with E-state index in [0.717, 1.165) is 17.9 Å². The Balaban J connectivity index is 1.80. The zero-order valence-electron chi connectivity index (χ0n) is 10.2. The molecule has 0 amide bonds. The van der Waals surface area contributed by atoms with Gasteiger partial charge in [0, 0.05) is 25.0 Å². The van der Waals surface area contributed by atoms with Crippen LogP contribution in [-0.2, 0) is 6.54 Å². The fraction of sp³-hybridized carbons (Fsp3) is 0.385. The first-order valence-corrected chi connectivity index (χ1v) is 6.49. The van der Waals surface area contributed by atoms with Gasteiger partial charge in [-0.2, -0.15) is 5.10 Å². The molecule has 1 fully saturated rings. The van der Waals surface area contributed by atoms with E-state index >= 15 is 0 Å². The van der Waals surface area contributed by atoms with Crippen LogP contribution >= 0.6 is 11.6 Å². The van der Waals surface area contributed by atoms with Crippen molar-refractivity contribution in [1.29, 1.82) is 0 Å². The molecule has 0 aliphatic heterocycles. The highest BCUT2D eigenvalue weighted by Crippen LogP contribution is 2.20. The van der Waals surface area contributed by atoms with Gasteiger partial charge in [-0.05, 0) is 31.4 Å². The third-order valence-corrected chi connectivity index (χ3v) is 3.43. The molecule has 0 spiro atoms. The van der Waals surface area contributed by atoms with Crippen molar-refractivity contribution < 1.29 is 0 Å². The molecule has 3 rings (SSSR count). The Kier molecular flexibility index (Phi) is 3.06. The van der Waals surface area contributed by atoms with E-state index in [1.165, 1.54) is 18.4 Å². The van der Waals surface area contributed by atoms with Crippen molar-refractivity contribution in [3.8, 4) is 5.69 Å². The topological polar surface area (TPSA) is 42.7 Å². The van der Waals surface area contributed by atoms with Gasteiger partial charge in [0.05, 0.1) is 22.6 Å². The van der Waals surface area contributed by atoms with Crippen molar-refractivity contribution in [1.82, 2.24) is 20.1 Å². The predicted octanol–water partition coefficient (Wildman–Crippen LogP) is 2.48. The number of rotatable bonds is 4. The number of aryl methyl sites for hydroxylation is 1. The molecule has 2 aromatic rings. The fourth-order valence-corrected chi connectivity index (χ4v) is 1.95. The molecule has 0 saturated heterocycles. The molecule has 0 atom stereocenters. The van der Waals surface area contributed by atoms with Gasteiger partial charge in [0.1, 0.15) is 0 Å². The monoisotopic (exact) mass is 262 g/mol. The number of nitrogens with zero attached hydrogens (tertiary/aromatic N) is 3. The average Bonchev–Trinajstić information content (AvgIpc) is 3.14. The molecule has 2 heterocycles. The second-order valence-electron chi connectivity index (χ2n) is 4.71. The maximum absolute atomic E-state index is 6.01. The van der Waals surface area contributed by atoms with Gasteiger partial charge in [0.25, 0.3) is 0 Å². The third kappa shape index (κ3) is 2.54. The highest BCUT2D eigenvalue weighted by atomic mass is 35.5. The summed E-state index contributed by atoms with van der Waals surface area (Å²) in [5.74, 6) is 0. The third-order valence-electron chi connectivity index (χ3n) is 3.06. The van der Waals surface area contributed by atoms with Crippen molar-refractivity contribution in [3.05, 3.63) is 40.9 Å². The van der Waals surface area contributed by atoms with Gasteiger partial charge >= 0.3 is 0 Å². The van der Waals surface area contributed by atoms with Crippen LogP contribution in [0.4, 0.5) is 0 Å². The van der Waals surface area contributed by atoms with Crippen LogP contribution in [0.1, 0.15) is 24.1 Å². The summed E-state index contributed by atoms with van der Waals surface area (Å²) in [5, 5.41) is 8.50. The number of hydrogen-bond donors (Lipinski definition) is 1. The number of hydrogen-bond acceptors (Lipinski definition) is 3. The van der Waals surface area contributed by atoms with E-state index in [0.29, 0.717) is 11.1 Å². The second kappa shape index (κ2) is 4.71. The fourth-order valence-electron chi connectivity index (χ4n) is 1.82. The predicted molar refractivity (Wildman–Crippen MR) is 71.0 cm³/mol. The number of halogens is 1.